The molecule has 2 bridgehead atoms. The Balaban J connectivity index is 2.06. The predicted octanol–water partition coefficient (Wildman–Crippen LogP) is 3.87. The largest absolute Gasteiger partial charge is 0.225 e. The van der Waals surface area contributed by atoms with Crippen LogP contribution in [0.2, 0.25) is 0 Å². The normalized spacial score (nSPS) is 49.1. The lowest BCUT2D eigenvalue weighted by atomic mass is 9.59. The van der Waals surface area contributed by atoms with Crippen LogP contribution >= 0.6 is 0 Å². The summed E-state index contributed by atoms with van der Waals surface area (Å²) in [4.78, 5) is 11.5. The molecule has 0 N–H and O–H groups in total. The Labute approximate surface area is 104 Å². The van der Waals surface area contributed by atoms with Crippen LogP contribution in [0.4, 0.5) is 0 Å². The van der Waals surface area contributed by atoms with Gasteiger partial charge in [-0.05, 0) is 62.0 Å². The first-order chi connectivity index (χ1) is 7.97. The molecule has 4 rings (SSSR count). The SMILES string of the molecule is CC(C)[C@@H]1CC[C@@H](C)[C@@]23CC[C@@](C)(C=C12)OO3. The topological polar surface area (TPSA) is 18.5 Å². The predicted molar refractivity (Wildman–Crippen MR) is 67.3 cm³/mol. The molecule has 0 aromatic carbocycles. The fourth-order valence-corrected chi connectivity index (χ4v) is 3.97. The van der Waals surface area contributed by atoms with Crippen LogP contribution in [0.15, 0.2) is 11.6 Å². The summed E-state index contributed by atoms with van der Waals surface area (Å²) in [5.41, 5.74) is 1.29. The third kappa shape index (κ3) is 1.53. The van der Waals surface area contributed by atoms with E-state index in [2.05, 4.69) is 33.8 Å². The molecule has 0 unspecified atom stereocenters. The maximum atomic E-state index is 5.90. The van der Waals surface area contributed by atoms with E-state index in [1.54, 1.807) is 5.57 Å². The summed E-state index contributed by atoms with van der Waals surface area (Å²) in [5.74, 6) is 1.99. The smallest absolute Gasteiger partial charge is 0.128 e. The third-order valence-electron chi connectivity index (χ3n) is 5.23. The highest BCUT2D eigenvalue weighted by atomic mass is 17.2. The minimum absolute atomic E-state index is 0.0923. The molecule has 1 saturated carbocycles. The molecule has 2 aliphatic carbocycles. The standard InChI is InChI=1S/C15H24O2/c1-10(2)12-6-5-11(3)15-8-7-14(4,16-17-15)9-13(12)15/h9-12H,5-8H2,1-4H3/t11-,12+,14+,15+/m1/s1. The molecule has 0 radical (unpaired) electrons. The highest BCUT2D eigenvalue weighted by molar-refractivity contribution is 5.32. The van der Waals surface area contributed by atoms with E-state index in [-0.39, 0.29) is 11.2 Å². The van der Waals surface area contributed by atoms with Crippen LogP contribution in [-0.4, -0.2) is 11.2 Å². The zero-order valence-corrected chi connectivity index (χ0v) is 11.5. The Kier molecular flexibility index (Phi) is 2.47. The van der Waals surface area contributed by atoms with Crippen molar-refractivity contribution in [2.75, 3.05) is 0 Å². The third-order valence-corrected chi connectivity index (χ3v) is 5.23. The summed E-state index contributed by atoms with van der Waals surface area (Å²) in [7, 11) is 0. The molecule has 2 heterocycles. The van der Waals surface area contributed by atoms with Gasteiger partial charge in [-0.1, -0.05) is 20.8 Å². The Morgan fingerprint density at radius 3 is 2.59 bits per heavy atom. The summed E-state index contributed by atoms with van der Waals surface area (Å²) >= 11 is 0. The first-order valence-electron chi connectivity index (χ1n) is 7.07. The second kappa shape index (κ2) is 3.58. The van der Waals surface area contributed by atoms with Crippen LogP contribution in [-0.2, 0) is 9.78 Å². The van der Waals surface area contributed by atoms with Gasteiger partial charge in [0.05, 0.1) is 0 Å². The zero-order chi connectivity index (χ0) is 12.3. The lowest BCUT2D eigenvalue weighted by molar-refractivity contribution is -0.439. The van der Waals surface area contributed by atoms with Gasteiger partial charge in [0.2, 0.25) is 0 Å². The average molecular weight is 236 g/mol. The molecule has 1 saturated heterocycles. The monoisotopic (exact) mass is 236 g/mol. The van der Waals surface area contributed by atoms with Crippen LogP contribution in [0.5, 0.6) is 0 Å². The van der Waals surface area contributed by atoms with Crippen molar-refractivity contribution in [3.8, 4) is 0 Å². The Hall–Kier alpha value is -0.340. The van der Waals surface area contributed by atoms with Crippen LogP contribution < -0.4 is 0 Å². The highest BCUT2D eigenvalue weighted by Gasteiger charge is 2.56. The average Bonchev–Trinajstić information content (AvgIpc) is 2.28. The summed E-state index contributed by atoms with van der Waals surface area (Å²) in [5, 5.41) is 0. The van der Waals surface area contributed by atoms with E-state index in [9.17, 15) is 0 Å². The molecule has 4 aliphatic rings. The van der Waals surface area contributed by atoms with Gasteiger partial charge in [-0.15, -0.1) is 0 Å². The van der Waals surface area contributed by atoms with Crippen molar-refractivity contribution < 1.29 is 9.78 Å². The van der Waals surface area contributed by atoms with E-state index >= 15 is 0 Å². The maximum absolute atomic E-state index is 5.90. The van der Waals surface area contributed by atoms with Gasteiger partial charge in [0.15, 0.2) is 0 Å². The molecule has 0 aromatic rings. The van der Waals surface area contributed by atoms with Gasteiger partial charge < -0.3 is 0 Å². The van der Waals surface area contributed by atoms with Gasteiger partial charge in [-0.3, -0.25) is 0 Å². The van der Waals surface area contributed by atoms with Gasteiger partial charge in [-0.2, -0.15) is 0 Å². The van der Waals surface area contributed by atoms with Crippen molar-refractivity contribution in [1.82, 2.24) is 0 Å². The highest BCUT2D eigenvalue weighted by Crippen LogP contribution is 2.56. The molecular formula is C15H24O2. The molecule has 1 spiro atoms. The Morgan fingerprint density at radius 1 is 1.24 bits per heavy atom. The van der Waals surface area contributed by atoms with Crippen molar-refractivity contribution in [2.45, 2.75) is 64.6 Å². The maximum Gasteiger partial charge on any atom is 0.128 e. The van der Waals surface area contributed by atoms with E-state index in [0.717, 1.165) is 12.8 Å². The van der Waals surface area contributed by atoms with Gasteiger partial charge >= 0.3 is 0 Å². The van der Waals surface area contributed by atoms with Gasteiger partial charge in [0, 0.05) is 0 Å². The van der Waals surface area contributed by atoms with Crippen LogP contribution in [0.3, 0.4) is 0 Å². The lowest BCUT2D eigenvalue weighted by Crippen LogP contribution is -2.58. The molecule has 2 aliphatic heterocycles. The van der Waals surface area contributed by atoms with Gasteiger partial charge in [0.1, 0.15) is 11.2 Å². The molecular weight excluding hydrogens is 212 g/mol. The van der Waals surface area contributed by atoms with Gasteiger partial charge in [0.25, 0.3) is 0 Å². The minimum atomic E-state index is -0.165. The van der Waals surface area contributed by atoms with E-state index < -0.39 is 0 Å². The summed E-state index contributed by atoms with van der Waals surface area (Å²) < 4.78 is 0. The zero-order valence-electron chi connectivity index (χ0n) is 11.5. The molecule has 96 valence electrons. The first kappa shape index (κ1) is 11.7. The number of hydrogen-bond acceptors (Lipinski definition) is 2. The quantitative estimate of drug-likeness (QED) is 0.508. The van der Waals surface area contributed by atoms with Crippen LogP contribution in [0.25, 0.3) is 0 Å². The summed E-state index contributed by atoms with van der Waals surface area (Å²) in [6.45, 7) is 9.14. The van der Waals surface area contributed by atoms with Crippen molar-refractivity contribution >= 4 is 0 Å². The second-order valence-corrected chi connectivity index (χ2v) is 6.80. The van der Waals surface area contributed by atoms with E-state index in [4.69, 9.17) is 9.78 Å². The number of rotatable bonds is 1. The van der Waals surface area contributed by atoms with Crippen LogP contribution in [0.1, 0.15) is 53.4 Å². The second-order valence-electron chi connectivity index (χ2n) is 6.80. The minimum Gasteiger partial charge on any atom is -0.225 e. The summed E-state index contributed by atoms with van der Waals surface area (Å²) in [6.07, 6.45) is 7.21. The van der Waals surface area contributed by atoms with Crippen LogP contribution in [0, 0.1) is 17.8 Å². The fraction of sp³-hybridized carbons (Fsp3) is 0.867. The molecule has 2 fully saturated rings. The molecule has 4 atom stereocenters. The van der Waals surface area contributed by atoms with Crippen molar-refractivity contribution in [2.24, 2.45) is 17.8 Å². The molecule has 2 heteroatoms. The molecule has 0 aromatic heterocycles. The molecule has 2 nitrogen and oxygen atoms in total. The Morgan fingerprint density at radius 2 is 2.00 bits per heavy atom. The number of hydrogen-bond donors (Lipinski definition) is 0. The fourth-order valence-electron chi connectivity index (χ4n) is 3.97. The Bertz CT molecular complexity index is 348. The number of fused-ring (bicyclic) bond motifs is 2. The first-order valence-corrected chi connectivity index (χ1v) is 7.07. The van der Waals surface area contributed by atoms with E-state index in [1.807, 2.05) is 0 Å². The van der Waals surface area contributed by atoms with Crippen molar-refractivity contribution in [3.05, 3.63) is 11.6 Å². The van der Waals surface area contributed by atoms with Crippen molar-refractivity contribution in [1.29, 1.82) is 0 Å². The molecule has 17 heavy (non-hydrogen) atoms. The molecule has 0 amide bonds. The van der Waals surface area contributed by atoms with E-state index in [1.165, 1.54) is 12.8 Å². The lowest BCUT2D eigenvalue weighted by Gasteiger charge is -2.56. The summed E-state index contributed by atoms with van der Waals surface area (Å²) in [6, 6.07) is 0. The van der Waals surface area contributed by atoms with Crippen molar-refractivity contribution in [3.63, 3.8) is 0 Å². The van der Waals surface area contributed by atoms with E-state index in [0.29, 0.717) is 17.8 Å². The van der Waals surface area contributed by atoms with Gasteiger partial charge in [-0.25, -0.2) is 9.78 Å².